The maximum atomic E-state index is 12.0. The van der Waals surface area contributed by atoms with Gasteiger partial charge in [-0.15, -0.1) is 0 Å². The van der Waals surface area contributed by atoms with E-state index in [9.17, 15) is 4.79 Å². The molecule has 0 aliphatic heterocycles. The van der Waals surface area contributed by atoms with Gasteiger partial charge in [-0.1, -0.05) is 6.07 Å². The van der Waals surface area contributed by atoms with E-state index in [4.69, 9.17) is 18.6 Å². The second kappa shape index (κ2) is 5.48. The molecular formula is C14H14O5. The highest BCUT2D eigenvalue weighted by Gasteiger charge is 2.19. The fraction of sp³-hybridized carbons (Fsp3) is 0.214. The molecule has 0 aliphatic rings. The molecule has 0 bridgehead atoms. The zero-order valence-electron chi connectivity index (χ0n) is 10.9. The third-order valence-electron chi connectivity index (χ3n) is 2.66. The van der Waals surface area contributed by atoms with E-state index in [0.717, 1.165) is 0 Å². The summed E-state index contributed by atoms with van der Waals surface area (Å²) in [6.07, 6.45) is 1.44. The number of para-hydroxylation sites is 1. The molecule has 0 radical (unpaired) electrons. The molecule has 0 aliphatic carbocycles. The first-order valence-corrected chi connectivity index (χ1v) is 5.64. The Morgan fingerprint density at radius 3 is 2.21 bits per heavy atom. The first kappa shape index (κ1) is 13.0. The van der Waals surface area contributed by atoms with Crippen LogP contribution in [0, 0.1) is 6.92 Å². The van der Waals surface area contributed by atoms with E-state index in [-0.39, 0.29) is 5.75 Å². The lowest BCUT2D eigenvalue weighted by atomic mass is 10.2. The van der Waals surface area contributed by atoms with Crippen molar-refractivity contribution in [2.75, 3.05) is 14.2 Å². The molecule has 1 aromatic carbocycles. The Balaban J connectivity index is 2.33. The Bertz CT molecular complexity index is 563. The second-order valence-corrected chi connectivity index (χ2v) is 3.77. The molecule has 0 N–H and O–H groups in total. The third-order valence-corrected chi connectivity index (χ3v) is 2.66. The van der Waals surface area contributed by atoms with Gasteiger partial charge in [0.1, 0.15) is 11.3 Å². The van der Waals surface area contributed by atoms with Crippen LogP contribution in [0.3, 0.4) is 0 Å². The number of furan rings is 1. The van der Waals surface area contributed by atoms with Crippen LogP contribution in [0.4, 0.5) is 0 Å². The molecule has 5 nitrogen and oxygen atoms in total. The van der Waals surface area contributed by atoms with Gasteiger partial charge in [0.2, 0.25) is 5.75 Å². The summed E-state index contributed by atoms with van der Waals surface area (Å²) in [6, 6.07) is 6.68. The fourth-order valence-corrected chi connectivity index (χ4v) is 1.66. The number of esters is 1. The molecule has 0 spiro atoms. The molecule has 19 heavy (non-hydrogen) atoms. The van der Waals surface area contributed by atoms with Gasteiger partial charge in [0.15, 0.2) is 11.5 Å². The van der Waals surface area contributed by atoms with Crippen molar-refractivity contribution in [2.24, 2.45) is 0 Å². The molecule has 0 amide bonds. The second-order valence-electron chi connectivity index (χ2n) is 3.77. The normalized spacial score (nSPS) is 10.1. The molecule has 1 heterocycles. The quantitative estimate of drug-likeness (QED) is 0.626. The number of methoxy groups -OCH3 is 2. The van der Waals surface area contributed by atoms with Crippen LogP contribution in [0.5, 0.6) is 17.2 Å². The Morgan fingerprint density at radius 2 is 1.74 bits per heavy atom. The third kappa shape index (κ3) is 2.54. The maximum Gasteiger partial charge on any atom is 0.347 e. The van der Waals surface area contributed by atoms with Gasteiger partial charge in [-0.05, 0) is 25.1 Å². The van der Waals surface area contributed by atoms with E-state index in [2.05, 4.69) is 0 Å². The summed E-state index contributed by atoms with van der Waals surface area (Å²) >= 11 is 0. The zero-order chi connectivity index (χ0) is 13.8. The minimum absolute atomic E-state index is 0.248. The fourth-order valence-electron chi connectivity index (χ4n) is 1.66. The summed E-state index contributed by atoms with van der Waals surface area (Å²) in [5.41, 5.74) is 0.368. The number of benzene rings is 1. The zero-order valence-corrected chi connectivity index (χ0v) is 10.9. The number of carbonyl (C=O) groups is 1. The summed E-state index contributed by atoms with van der Waals surface area (Å²) in [4.78, 5) is 12.0. The molecule has 100 valence electrons. The van der Waals surface area contributed by atoms with Crippen LogP contribution in [-0.2, 0) is 0 Å². The summed E-state index contributed by atoms with van der Waals surface area (Å²) in [6.45, 7) is 1.69. The van der Waals surface area contributed by atoms with Gasteiger partial charge in [0.05, 0.1) is 20.5 Å². The van der Waals surface area contributed by atoms with Gasteiger partial charge in [-0.2, -0.15) is 0 Å². The van der Waals surface area contributed by atoms with E-state index in [1.54, 1.807) is 31.2 Å². The lowest BCUT2D eigenvalue weighted by Crippen LogP contribution is -2.10. The van der Waals surface area contributed by atoms with Gasteiger partial charge < -0.3 is 18.6 Å². The summed E-state index contributed by atoms with van der Waals surface area (Å²) in [5.74, 6) is 1.08. The SMILES string of the molecule is COc1cccc(OC)c1OC(=O)c1ccoc1C. The molecule has 0 saturated carbocycles. The van der Waals surface area contributed by atoms with E-state index in [1.165, 1.54) is 20.5 Å². The predicted octanol–water partition coefficient (Wildman–Crippen LogP) is 2.82. The molecule has 5 heteroatoms. The monoisotopic (exact) mass is 262 g/mol. The highest BCUT2D eigenvalue weighted by atomic mass is 16.6. The van der Waals surface area contributed by atoms with Crippen molar-refractivity contribution < 1.29 is 23.4 Å². The van der Waals surface area contributed by atoms with E-state index < -0.39 is 5.97 Å². The van der Waals surface area contributed by atoms with Gasteiger partial charge >= 0.3 is 5.97 Å². The molecule has 2 rings (SSSR count). The average molecular weight is 262 g/mol. The largest absolute Gasteiger partial charge is 0.493 e. The van der Waals surface area contributed by atoms with Crippen molar-refractivity contribution in [3.8, 4) is 17.2 Å². The summed E-state index contributed by atoms with van der Waals surface area (Å²) < 4.78 is 20.7. The molecule has 2 aromatic rings. The molecule has 0 saturated heterocycles. The maximum absolute atomic E-state index is 12.0. The molecule has 0 fully saturated rings. The van der Waals surface area contributed by atoms with Crippen LogP contribution in [0.25, 0.3) is 0 Å². The van der Waals surface area contributed by atoms with Gasteiger partial charge in [-0.25, -0.2) is 4.79 Å². The first-order valence-electron chi connectivity index (χ1n) is 5.64. The lowest BCUT2D eigenvalue weighted by molar-refractivity contribution is 0.0722. The van der Waals surface area contributed by atoms with Crippen LogP contribution in [0.15, 0.2) is 34.9 Å². The molecule has 0 unspecified atom stereocenters. The number of hydrogen-bond acceptors (Lipinski definition) is 5. The van der Waals surface area contributed by atoms with E-state index in [1.807, 2.05) is 0 Å². The standard InChI is InChI=1S/C14H14O5/c1-9-10(7-8-18-9)14(15)19-13-11(16-2)5-4-6-12(13)17-3/h4-8H,1-3H3. The highest BCUT2D eigenvalue weighted by molar-refractivity contribution is 5.92. The van der Waals surface area contributed by atoms with Crippen LogP contribution < -0.4 is 14.2 Å². The number of ether oxygens (including phenoxy) is 3. The van der Waals surface area contributed by atoms with Crippen molar-refractivity contribution in [1.82, 2.24) is 0 Å². The Hall–Kier alpha value is -2.43. The first-order chi connectivity index (χ1) is 9.17. The summed E-state index contributed by atoms with van der Waals surface area (Å²) in [7, 11) is 2.99. The van der Waals surface area contributed by atoms with Crippen LogP contribution in [0.2, 0.25) is 0 Å². The van der Waals surface area contributed by atoms with Crippen molar-refractivity contribution in [1.29, 1.82) is 0 Å². The number of aryl methyl sites for hydroxylation is 1. The number of rotatable bonds is 4. The van der Waals surface area contributed by atoms with Gasteiger partial charge in [-0.3, -0.25) is 0 Å². The summed E-state index contributed by atoms with van der Waals surface area (Å²) in [5, 5.41) is 0. The van der Waals surface area contributed by atoms with Gasteiger partial charge in [0, 0.05) is 0 Å². The van der Waals surface area contributed by atoms with Crippen molar-refractivity contribution in [3.63, 3.8) is 0 Å². The van der Waals surface area contributed by atoms with Crippen molar-refractivity contribution in [2.45, 2.75) is 6.92 Å². The van der Waals surface area contributed by atoms with Crippen LogP contribution >= 0.6 is 0 Å². The average Bonchev–Trinajstić information content (AvgIpc) is 2.85. The highest BCUT2D eigenvalue weighted by Crippen LogP contribution is 2.37. The van der Waals surface area contributed by atoms with Crippen molar-refractivity contribution >= 4 is 5.97 Å². The Kier molecular flexibility index (Phi) is 3.75. The minimum Gasteiger partial charge on any atom is -0.493 e. The molecular weight excluding hydrogens is 248 g/mol. The van der Waals surface area contributed by atoms with E-state index >= 15 is 0 Å². The van der Waals surface area contributed by atoms with Crippen LogP contribution in [-0.4, -0.2) is 20.2 Å². The predicted molar refractivity (Wildman–Crippen MR) is 67.9 cm³/mol. The van der Waals surface area contributed by atoms with Gasteiger partial charge in [0.25, 0.3) is 0 Å². The number of carbonyl (C=O) groups excluding carboxylic acids is 1. The Labute approximate surface area is 110 Å². The van der Waals surface area contributed by atoms with Crippen molar-refractivity contribution in [3.05, 3.63) is 41.9 Å². The van der Waals surface area contributed by atoms with E-state index in [0.29, 0.717) is 22.8 Å². The smallest absolute Gasteiger partial charge is 0.347 e. The lowest BCUT2D eigenvalue weighted by Gasteiger charge is -2.12. The molecule has 0 atom stereocenters. The topological polar surface area (TPSA) is 57.9 Å². The minimum atomic E-state index is -0.519. The Morgan fingerprint density at radius 1 is 1.11 bits per heavy atom. The van der Waals surface area contributed by atoms with Crippen LogP contribution in [0.1, 0.15) is 16.1 Å². The number of hydrogen-bond donors (Lipinski definition) is 0. The molecule has 1 aromatic heterocycles.